The molecule has 1 amide bonds. The molecule has 5 heteroatoms. The third kappa shape index (κ3) is 4.32. The molecular weight excluding hydrogens is 302 g/mol. The summed E-state index contributed by atoms with van der Waals surface area (Å²) < 4.78 is 5.22. The molecule has 1 saturated heterocycles. The van der Waals surface area contributed by atoms with Crippen molar-refractivity contribution in [2.45, 2.75) is 13.0 Å². The second-order valence-electron chi connectivity index (χ2n) is 6.04. The number of rotatable bonds is 5. The van der Waals surface area contributed by atoms with Crippen LogP contribution in [-0.2, 0) is 17.8 Å². The minimum atomic E-state index is 0.187. The van der Waals surface area contributed by atoms with E-state index < -0.39 is 0 Å². The SMILES string of the molecule is COc1cccc(CC(=O)N2CCN(Cc3ccncc3)CC2)c1. The summed E-state index contributed by atoms with van der Waals surface area (Å²) in [5, 5.41) is 0. The van der Waals surface area contributed by atoms with Gasteiger partial charge >= 0.3 is 0 Å². The van der Waals surface area contributed by atoms with Crippen molar-refractivity contribution in [1.29, 1.82) is 0 Å². The van der Waals surface area contributed by atoms with Gasteiger partial charge in [0.2, 0.25) is 5.91 Å². The van der Waals surface area contributed by atoms with E-state index in [0.717, 1.165) is 44.0 Å². The van der Waals surface area contributed by atoms with Gasteiger partial charge in [0.15, 0.2) is 0 Å². The van der Waals surface area contributed by atoms with Crippen molar-refractivity contribution in [3.8, 4) is 5.75 Å². The van der Waals surface area contributed by atoms with E-state index in [9.17, 15) is 4.79 Å². The van der Waals surface area contributed by atoms with Crippen LogP contribution in [0.4, 0.5) is 0 Å². The number of pyridine rings is 1. The Balaban J connectivity index is 1.49. The van der Waals surface area contributed by atoms with Crippen molar-refractivity contribution in [1.82, 2.24) is 14.8 Å². The van der Waals surface area contributed by atoms with E-state index in [-0.39, 0.29) is 5.91 Å². The van der Waals surface area contributed by atoms with Crippen molar-refractivity contribution in [2.75, 3.05) is 33.3 Å². The maximum absolute atomic E-state index is 12.5. The number of carbonyl (C=O) groups excluding carboxylic acids is 1. The molecule has 1 fully saturated rings. The molecule has 0 bridgehead atoms. The summed E-state index contributed by atoms with van der Waals surface area (Å²) in [7, 11) is 1.64. The van der Waals surface area contributed by atoms with Gasteiger partial charge < -0.3 is 9.64 Å². The van der Waals surface area contributed by atoms with Crippen LogP contribution in [0.1, 0.15) is 11.1 Å². The van der Waals surface area contributed by atoms with Crippen molar-refractivity contribution >= 4 is 5.91 Å². The molecule has 1 aromatic heterocycles. The van der Waals surface area contributed by atoms with Gasteiger partial charge in [-0.2, -0.15) is 0 Å². The van der Waals surface area contributed by atoms with E-state index >= 15 is 0 Å². The van der Waals surface area contributed by atoms with E-state index in [1.54, 1.807) is 7.11 Å². The first-order valence-electron chi connectivity index (χ1n) is 8.26. The highest BCUT2D eigenvalue weighted by Crippen LogP contribution is 2.15. The predicted molar refractivity (Wildman–Crippen MR) is 92.8 cm³/mol. The van der Waals surface area contributed by atoms with Crippen molar-refractivity contribution in [3.05, 3.63) is 59.9 Å². The van der Waals surface area contributed by atoms with Crippen LogP contribution in [-0.4, -0.2) is 54.0 Å². The Morgan fingerprint density at radius 2 is 1.83 bits per heavy atom. The fourth-order valence-electron chi connectivity index (χ4n) is 2.97. The lowest BCUT2D eigenvalue weighted by atomic mass is 10.1. The van der Waals surface area contributed by atoms with Gasteiger partial charge in [0.25, 0.3) is 0 Å². The van der Waals surface area contributed by atoms with Crippen LogP contribution in [0, 0.1) is 0 Å². The number of nitrogens with zero attached hydrogens (tertiary/aromatic N) is 3. The highest BCUT2D eigenvalue weighted by Gasteiger charge is 2.21. The number of hydrogen-bond donors (Lipinski definition) is 0. The van der Waals surface area contributed by atoms with Crippen molar-refractivity contribution in [3.63, 3.8) is 0 Å². The number of piperazine rings is 1. The molecule has 2 aromatic rings. The summed E-state index contributed by atoms with van der Waals surface area (Å²) in [5.74, 6) is 0.981. The maximum Gasteiger partial charge on any atom is 0.227 e. The zero-order valence-electron chi connectivity index (χ0n) is 14.0. The van der Waals surface area contributed by atoms with Gasteiger partial charge in [0.05, 0.1) is 13.5 Å². The summed E-state index contributed by atoms with van der Waals surface area (Å²) in [6.45, 7) is 4.31. The van der Waals surface area contributed by atoms with Gasteiger partial charge in [-0.3, -0.25) is 14.7 Å². The molecule has 0 N–H and O–H groups in total. The summed E-state index contributed by atoms with van der Waals surface area (Å²) in [5.41, 5.74) is 2.26. The number of amides is 1. The summed E-state index contributed by atoms with van der Waals surface area (Å²) in [6.07, 6.45) is 4.08. The molecule has 0 radical (unpaired) electrons. The highest BCUT2D eigenvalue weighted by molar-refractivity contribution is 5.79. The lowest BCUT2D eigenvalue weighted by Gasteiger charge is -2.34. The van der Waals surface area contributed by atoms with Crippen molar-refractivity contribution < 1.29 is 9.53 Å². The Morgan fingerprint density at radius 1 is 1.08 bits per heavy atom. The Hall–Kier alpha value is -2.40. The Labute approximate surface area is 142 Å². The third-order valence-corrected chi connectivity index (χ3v) is 4.37. The standard InChI is InChI=1S/C19H23N3O2/c1-24-18-4-2-3-17(13-18)14-19(23)22-11-9-21(10-12-22)15-16-5-7-20-8-6-16/h2-8,13H,9-12,14-15H2,1H3. The molecule has 0 spiro atoms. The molecule has 1 aromatic carbocycles. The first-order valence-corrected chi connectivity index (χ1v) is 8.26. The molecule has 1 aliphatic heterocycles. The monoisotopic (exact) mass is 325 g/mol. The summed E-state index contributed by atoms with van der Waals surface area (Å²) >= 11 is 0. The summed E-state index contributed by atoms with van der Waals surface area (Å²) in [6, 6.07) is 11.8. The molecule has 0 unspecified atom stereocenters. The average Bonchev–Trinajstić information content (AvgIpc) is 2.63. The molecule has 1 aliphatic rings. The van der Waals surface area contributed by atoms with Crippen LogP contribution in [0.2, 0.25) is 0 Å². The van der Waals surface area contributed by atoms with Gasteiger partial charge in [-0.15, -0.1) is 0 Å². The van der Waals surface area contributed by atoms with Gasteiger partial charge in [-0.1, -0.05) is 12.1 Å². The second kappa shape index (κ2) is 7.93. The Kier molecular flexibility index (Phi) is 5.43. The molecule has 2 heterocycles. The molecule has 5 nitrogen and oxygen atoms in total. The number of benzene rings is 1. The van der Waals surface area contributed by atoms with Crippen LogP contribution in [0.3, 0.4) is 0 Å². The normalized spacial score (nSPS) is 15.3. The zero-order valence-corrected chi connectivity index (χ0v) is 14.0. The molecule has 24 heavy (non-hydrogen) atoms. The number of aromatic nitrogens is 1. The number of carbonyl (C=O) groups is 1. The van der Waals surface area contributed by atoms with Crippen LogP contribution in [0.5, 0.6) is 5.75 Å². The van der Waals surface area contributed by atoms with Crippen LogP contribution >= 0.6 is 0 Å². The van der Waals surface area contributed by atoms with Crippen LogP contribution in [0.15, 0.2) is 48.8 Å². The van der Waals surface area contributed by atoms with Gasteiger partial charge in [0.1, 0.15) is 5.75 Å². The van der Waals surface area contributed by atoms with E-state index in [2.05, 4.69) is 9.88 Å². The molecule has 0 saturated carbocycles. The predicted octanol–water partition coefficient (Wildman–Crippen LogP) is 1.98. The molecule has 0 aliphatic carbocycles. The molecule has 0 atom stereocenters. The van der Waals surface area contributed by atoms with Gasteiger partial charge in [-0.25, -0.2) is 0 Å². The topological polar surface area (TPSA) is 45.7 Å². The smallest absolute Gasteiger partial charge is 0.227 e. The number of ether oxygens (including phenoxy) is 1. The van der Waals surface area contributed by atoms with E-state index in [4.69, 9.17) is 4.74 Å². The Bertz CT molecular complexity index is 667. The first-order chi connectivity index (χ1) is 11.7. The summed E-state index contributed by atoms with van der Waals surface area (Å²) in [4.78, 5) is 20.9. The lowest BCUT2D eigenvalue weighted by molar-refractivity contribution is -0.132. The van der Waals surface area contributed by atoms with Gasteiger partial charge in [0, 0.05) is 45.1 Å². The minimum absolute atomic E-state index is 0.187. The molecule has 3 rings (SSSR count). The van der Waals surface area contributed by atoms with Gasteiger partial charge in [-0.05, 0) is 35.4 Å². The fraction of sp³-hybridized carbons (Fsp3) is 0.368. The van der Waals surface area contributed by atoms with Crippen molar-refractivity contribution in [2.24, 2.45) is 0 Å². The molecular formula is C19H23N3O2. The fourth-order valence-corrected chi connectivity index (χ4v) is 2.97. The van der Waals surface area contributed by atoms with E-state index in [1.807, 2.05) is 53.7 Å². The van der Waals surface area contributed by atoms with E-state index in [0.29, 0.717) is 6.42 Å². The Morgan fingerprint density at radius 3 is 2.54 bits per heavy atom. The second-order valence-corrected chi connectivity index (χ2v) is 6.04. The van der Waals surface area contributed by atoms with Crippen LogP contribution < -0.4 is 4.74 Å². The minimum Gasteiger partial charge on any atom is -0.497 e. The lowest BCUT2D eigenvalue weighted by Crippen LogP contribution is -2.48. The quantitative estimate of drug-likeness (QED) is 0.843. The first kappa shape index (κ1) is 16.5. The largest absolute Gasteiger partial charge is 0.497 e. The number of methoxy groups -OCH3 is 1. The highest BCUT2D eigenvalue weighted by atomic mass is 16.5. The zero-order chi connectivity index (χ0) is 16.8. The number of hydrogen-bond acceptors (Lipinski definition) is 4. The third-order valence-electron chi connectivity index (χ3n) is 4.37. The average molecular weight is 325 g/mol. The maximum atomic E-state index is 12.5. The van der Waals surface area contributed by atoms with Crippen LogP contribution in [0.25, 0.3) is 0 Å². The molecule has 126 valence electrons. The van der Waals surface area contributed by atoms with E-state index in [1.165, 1.54) is 5.56 Å².